The molecule has 4 heteroatoms. The minimum absolute atomic E-state index is 0.0285. The van der Waals surface area contributed by atoms with Crippen molar-refractivity contribution in [3.63, 3.8) is 0 Å². The largest absolute Gasteiger partial charge is 0.387 e. The number of morpholine rings is 1. The molecule has 0 spiro atoms. The van der Waals surface area contributed by atoms with Gasteiger partial charge in [-0.3, -0.25) is 4.90 Å². The molecule has 1 N–H and O–H groups in total. The highest BCUT2D eigenvalue weighted by atomic mass is 19.1. The van der Waals surface area contributed by atoms with Gasteiger partial charge in [-0.15, -0.1) is 0 Å². The number of halogens is 1. The first-order valence-electron chi connectivity index (χ1n) is 6.81. The molecule has 3 nitrogen and oxygen atoms in total. The van der Waals surface area contributed by atoms with Gasteiger partial charge in [0.1, 0.15) is 5.82 Å². The van der Waals surface area contributed by atoms with Crippen molar-refractivity contribution in [2.24, 2.45) is 0 Å². The molecule has 0 radical (unpaired) electrons. The first-order chi connectivity index (χ1) is 9.05. The fourth-order valence-corrected chi connectivity index (χ4v) is 2.46. The van der Waals surface area contributed by atoms with Gasteiger partial charge in [-0.05, 0) is 31.0 Å². The average molecular weight is 267 g/mol. The van der Waals surface area contributed by atoms with Crippen molar-refractivity contribution in [1.82, 2.24) is 4.90 Å². The summed E-state index contributed by atoms with van der Waals surface area (Å²) in [5.41, 5.74) is 0.727. The fraction of sp³-hybridized carbons (Fsp3) is 0.600. The summed E-state index contributed by atoms with van der Waals surface area (Å²) in [6.07, 6.45) is 0.382. The number of aliphatic hydroxyl groups is 1. The molecule has 106 valence electrons. The molecule has 1 aliphatic rings. The van der Waals surface area contributed by atoms with Crippen LogP contribution in [0.3, 0.4) is 0 Å². The lowest BCUT2D eigenvalue weighted by atomic mass is 9.95. The SMILES string of the molecule is CC[C@]1(C)COCCN1C[C@H](O)c1ccc(F)cc1. The maximum atomic E-state index is 12.9. The summed E-state index contributed by atoms with van der Waals surface area (Å²) < 4.78 is 18.4. The molecule has 2 rings (SSSR count). The molecule has 1 aromatic carbocycles. The van der Waals surface area contributed by atoms with Crippen LogP contribution in [0.1, 0.15) is 31.9 Å². The summed E-state index contributed by atoms with van der Waals surface area (Å²) in [5, 5.41) is 10.3. The summed E-state index contributed by atoms with van der Waals surface area (Å²) >= 11 is 0. The Morgan fingerprint density at radius 2 is 2.11 bits per heavy atom. The summed E-state index contributed by atoms with van der Waals surface area (Å²) in [6.45, 7) is 7.06. The van der Waals surface area contributed by atoms with Crippen molar-refractivity contribution in [3.05, 3.63) is 35.6 Å². The van der Waals surface area contributed by atoms with Gasteiger partial charge in [0.25, 0.3) is 0 Å². The van der Waals surface area contributed by atoms with E-state index in [0.29, 0.717) is 19.8 Å². The van der Waals surface area contributed by atoms with Crippen molar-refractivity contribution in [2.45, 2.75) is 31.9 Å². The lowest BCUT2D eigenvalue weighted by Crippen LogP contribution is -2.55. The van der Waals surface area contributed by atoms with Crippen LogP contribution >= 0.6 is 0 Å². The molecule has 0 aliphatic carbocycles. The minimum Gasteiger partial charge on any atom is -0.387 e. The van der Waals surface area contributed by atoms with E-state index < -0.39 is 6.10 Å². The summed E-state index contributed by atoms with van der Waals surface area (Å²) in [5.74, 6) is -0.277. The smallest absolute Gasteiger partial charge is 0.123 e. The van der Waals surface area contributed by atoms with E-state index in [2.05, 4.69) is 18.7 Å². The second kappa shape index (κ2) is 5.99. The monoisotopic (exact) mass is 267 g/mol. The first kappa shape index (κ1) is 14.4. The van der Waals surface area contributed by atoms with E-state index in [1.165, 1.54) is 12.1 Å². The van der Waals surface area contributed by atoms with Crippen molar-refractivity contribution < 1.29 is 14.2 Å². The zero-order valence-corrected chi connectivity index (χ0v) is 11.6. The molecule has 1 aromatic rings. The highest BCUT2D eigenvalue weighted by Crippen LogP contribution is 2.26. The Balaban J connectivity index is 2.04. The van der Waals surface area contributed by atoms with Gasteiger partial charge in [0.2, 0.25) is 0 Å². The van der Waals surface area contributed by atoms with Crippen LogP contribution < -0.4 is 0 Å². The highest BCUT2D eigenvalue weighted by Gasteiger charge is 2.34. The second-order valence-electron chi connectivity index (χ2n) is 5.42. The van der Waals surface area contributed by atoms with E-state index in [1.807, 2.05) is 0 Å². The van der Waals surface area contributed by atoms with Crippen LogP contribution in [-0.4, -0.2) is 41.8 Å². The maximum absolute atomic E-state index is 12.9. The number of nitrogens with zero attached hydrogens (tertiary/aromatic N) is 1. The average Bonchev–Trinajstić information content (AvgIpc) is 2.42. The van der Waals surface area contributed by atoms with Gasteiger partial charge < -0.3 is 9.84 Å². The number of β-amino-alcohol motifs (C(OH)–C–C–N with tert-alkyl or cyclic N) is 1. The summed E-state index contributed by atoms with van der Waals surface area (Å²) in [4.78, 5) is 2.27. The van der Waals surface area contributed by atoms with Crippen LogP contribution in [-0.2, 0) is 4.74 Å². The lowest BCUT2D eigenvalue weighted by molar-refractivity contribution is -0.0767. The van der Waals surface area contributed by atoms with E-state index in [0.717, 1.165) is 18.5 Å². The maximum Gasteiger partial charge on any atom is 0.123 e. The Morgan fingerprint density at radius 3 is 2.74 bits per heavy atom. The van der Waals surface area contributed by atoms with Gasteiger partial charge in [0, 0.05) is 18.6 Å². The zero-order valence-electron chi connectivity index (χ0n) is 11.6. The van der Waals surface area contributed by atoms with Crippen molar-refractivity contribution in [2.75, 3.05) is 26.3 Å². The number of rotatable bonds is 4. The summed E-state index contributed by atoms with van der Waals surface area (Å²) in [7, 11) is 0. The predicted octanol–water partition coefficient (Wildman–Crippen LogP) is 2.36. The van der Waals surface area contributed by atoms with Gasteiger partial charge in [0.05, 0.1) is 19.3 Å². The first-order valence-corrected chi connectivity index (χ1v) is 6.81. The van der Waals surface area contributed by atoms with E-state index >= 15 is 0 Å². The second-order valence-corrected chi connectivity index (χ2v) is 5.42. The highest BCUT2D eigenvalue weighted by molar-refractivity contribution is 5.19. The van der Waals surface area contributed by atoms with Crippen molar-refractivity contribution in [3.8, 4) is 0 Å². The van der Waals surface area contributed by atoms with E-state index in [4.69, 9.17) is 4.74 Å². The molecule has 0 saturated carbocycles. The predicted molar refractivity (Wildman–Crippen MR) is 72.4 cm³/mol. The molecule has 0 unspecified atom stereocenters. The Hall–Kier alpha value is -0.970. The molecule has 0 amide bonds. The molecule has 1 saturated heterocycles. The third-order valence-electron chi connectivity index (χ3n) is 4.09. The molecule has 1 aliphatic heterocycles. The Kier molecular flexibility index (Phi) is 4.55. The fourth-order valence-electron chi connectivity index (χ4n) is 2.46. The Labute approximate surface area is 114 Å². The standard InChI is InChI=1S/C15H22FNO2/c1-3-15(2)11-19-9-8-17(15)10-14(18)12-4-6-13(16)7-5-12/h4-7,14,18H,3,8-11H2,1-2H3/t14-,15+/m0/s1. The quantitative estimate of drug-likeness (QED) is 0.909. The van der Waals surface area contributed by atoms with Crippen molar-refractivity contribution >= 4 is 0 Å². The zero-order chi connectivity index (χ0) is 13.9. The Bertz CT molecular complexity index is 409. The van der Waals surface area contributed by atoms with E-state index in [9.17, 15) is 9.50 Å². The molecule has 0 bridgehead atoms. The van der Waals surface area contributed by atoms with Gasteiger partial charge in [-0.2, -0.15) is 0 Å². The van der Waals surface area contributed by atoms with Crippen LogP contribution in [0.5, 0.6) is 0 Å². The molecule has 2 atom stereocenters. The van der Waals surface area contributed by atoms with Crippen LogP contribution in [0.4, 0.5) is 4.39 Å². The molecule has 1 heterocycles. The van der Waals surface area contributed by atoms with Crippen LogP contribution in [0.25, 0.3) is 0 Å². The van der Waals surface area contributed by atoms with Gasteiger partial charge in [0.15, 0.2) is 0 Å². The number of benzene rings is 1. The summed E-state index contributed by atoms with van der Waals surface area (Å²) in [6, 6.07) is 6.06. The molecular weight excluding hydrogens is 245 g/mol. The van der Waals surface area contributed by atoms with Crippen molar-refractivity contribution in [1.29, 1.82) is 0 Å². The minimum atomic E-state index is -0.593. The number of aliphatic hydroxyl groups excluding tert-OH is 1. The third-order valence-corrected chi connectivity index (χ3v) is 4.09. The molecular formula is C15H22FNO2. The molecule has 0 aromatic heterocycles. The van der Waals surface area contributed by atoms with Crippen LogP contribution in [0.15, 0.2) is 24.3 Å². The topological polar surface area (TPSA) is 32.7 Å². The number of hydrogen-bond acceptors (Lipinski definition) is 3. The van der Waals surface area contributed by atoms with Gasteiger partial charge >= 0.3 is 0 Å². The van der Waals surface area contributed by atoms with Gasteiger partial charge in [-0.1, -0.05) is 19.1 Å². The lowest BCUT2D eigenvalue weighted by Gasteiger charge is -2.45. The normalized spacial score (nSPS) is 26.3. The van der Waals surface area contributed by atoms with Crippen LogP contribution in [0, 0.1) is 5.82 Å². The van der Waals surface area contributed by atoms with E-state index in [-0.39, 0.29) is 11.4 Å². The molecule has 1 fully saturated rings. The Morgan fingerprint density at radius 1 is 1.42 bits per heavy atom. The van der Waals surface area contributed by atoms with Crippen LogP contribution in [0.2, 0.25) is 0 Å². The number of ether oxygens (including phenoxy) is 1. The molecule has 19 heavy (non-hydrogen) atoms. The number of hydrogen-bond donors (Lipinski definition) is 1. The van der Waals surface area contributed by atoms with Gasteiger partial charge in [-0.25, -0.2) is 4.39 Å². The van der Waals surface area contributed by atoms with E-state index in [1.54, 1.807) is 12.1 Å². The third kappa shape index (κ3) is 3.32.